The van der Waals surface area contributed by atoms with Gasteiger partial charge in [0.05, 0.1) is 23.9 Å². The highest BCUT2D eigenvalue weighted by molar-refractivity contribution is 6.31. The fourth-order valence-corrected chi connectivity index (χ4v) is 2.08. The van der Waals surface area contributed by atoms with Gasteiger partial charge in [0, 0.05) is 26.2 Å². The summed E-state index contributed by atoms with van der Waals surface area (Å²) in [6, 6.07) is 3.85. The standard InChI is InChI=1S/C13H20ClN3O/c1-2-5-15-13-4-3-11(14)12(16-13)10-17-6-8-18-9-7-17/h3-4H,2,5-10H2,1H3,(H,15,16). The quantitative estimate of drug-likeness (QED) is 0.891. The van der Waals surface area contributed by atoms with E-state index >= 15 is 0 Å². The Morgan fingerprint density at radius 3 is 2.89 bits per heavy atom. The van der Waals surface area contributed by atoms with Gasteiger partial charge in [-0.15, -0.1) is 0 Å². The number of morpholine rings is 1. The number of rotatable bonds is 5. The van der Waals surface area contributed by atoms with Crippen LogP contribution in [-0.4, -0.2) is 42.7 Å². The van der Waals surface area contributed by atoms with Crippen molar-refractivity contribution in [3.63, 3.8) is 0 Å². The zero-order valence-corrected chi connectivity index (χ0v) is 11.5. The summed E-state index contributed by atoms with van der Waals surface area (Å²) in [5.74, 6) is 0.907. The topological polar surface area (TPSA) is 37.4 Å². The summed E-state index contributed by atoms with van der Waals surface area (Å²) >= 11 is 6.20. The van der Waals surface area contributed by atoms with E-state index in [0.717, 1.165) is 62.3 Å². The minimum absolute atomic E-state index is 0.739. The Morgan fingerprint density at radius 2 is 2.17 bits per heavy atom. The van der Waals surface area contributed by atoms with E-state index in [2.05, 4.69) is 22.1 Å². The van der Waals surface area contributed by atoms with Crippen LogP contribution in [0.25, 0.3) is 0 Å². The highest BCUT2D eigenvalue weighted by Gasteiger charge is 2.13. The van der Waals surface area contributed by atoms with Gasteiger partial charge in [0.1, 0.15) is 5.82 Å². The molecule has 1 aromatic rings. The first-order valence-electron chi connectivity index (χ1n) is 6.49. The lowest BCUT2D eigenvalue weighted by Crippen LogP contribution is -2.36. The van der Waals surface area contributed by atoms with Crippen molar-refractivity contribution in [2.45, 2.75) is 19.9 Å². The number of hydrogen-bond donors (Lipinski definition) is 1. The fraction of sp³-hybridized carbons (Fsp3) is 0.615. The maximum absolute atomic E-state index is 6.20. The van der Waals surface area contributed by atoms with E-state index in [4.69, 9.17) is 16.3 Å². The van der Waals surface area contributed by atoms with Gasteiger partial charge in [-0.1, -0.05) is 18.5 Å². The smallest absolute Gasteiger partial charge is 0.126 e. The number of halogens is 1. The molecule has 100 valence electrons. The molecule has 2 rings (SSSR count). The molecule has 0 bridgehead atoms. The number of aromatic nitrogens is 1. The van der Waals surface area contributed by atoms with Gasteiger partial charge in [-0.3, -0.25) is 4.90 Å². The molecule has 5 heteroatoms. The summed E-state index contributed by atoms with van der Waals surface area (Å²) in [5, 5.41) is 4.03. The van der Waals surface area contributed by atoms with Crippen LogP contribution in [0.4, 0.5) is 5.82 Å². The molecule has 1 aliphatic rings. The monoisotopic (exact) mass is 269 g/mol. The van der Waals surface area contributed by atoms with Gasteiger partial charge in [-0.25, -0.2) is 4.98 Å². The third-order valence-electron chi connectivity index (χ3n) is 2.95. The van der Waals surface area contributed by atoms with Gasteiger partial charge in [0.2, 0.25) is 0 Å². The zero-order valence-electron chi connectivity index (χ0n) is 10.8. The Kier molecular flexibility index (Phi) is 5.23. The normalized spacial score (nSPS) is 16.8. The average Bonchev–Trinajstić information content (AvgIpc) is 2.41. The van der Waals surface area contributed by atoms with Gasteiger partial charge in [0.15, 0.2) is 0 Å². The van der Waals surface area contributed by atoms with E-state index in [1.807, 2.05) is 12.1 Å². The lowest BCUT2D eigenvalue weighted by atomic mass is 10.3. The molecule has 1 N–H and O–H groups in total. The highest BCUT2D eigenvalue weighted by Crippen LogP contribution is 2.19. The first-order chi connectivity index (χ1) is 8.79. The second kappa shape index (κ2) is 6.92. The summed E-state index contributed by atoms with van der Waals surface area (Å²) in [6.07, 6.45) is 1.09. The Morgan fingerprint density at radius 1 is 1.39 bits per heavy atom. The van der Waals surface area contributed by atoms with Crippen LogP contribution in [-0.2, 0) is 11.3 Å². The number of ether oxygens (including phenoxy) is 1. The van der Waals surface area contributed by atoms with Gasteiger partial charge in [0.25, 0.3) is 0 Å². The molecule has 0 spiro atoms. The van der Waals surface area contributed by atoms with E-state index in [1.54, 1.807) is 0 Å². The first kappa shape index (κ1) is 13.6. The predicted molar refractivity (Wildman–Crippen MR) is 74.1 cm³/mol. The Balaban J connectivity index is 2.00. The number of hydrogen-bond acceptors (Lipinski definition) is 4. The van der Waals surface area contributed by atoms with Crippen LogP contribution in [0.2, 0.25) is 5.02 Å². The lowest BCUT2D eigenvalue weighted by molar-refractivity contribution is 0.0337. The average molecular weight is 270 g/mol. The minimum atomic E-state index is 0.739. The summed E-state index contributed by atoms with van der Waals surface area (Å²) < 4.78 is 5.34. The van der Waals surface area contributed by atoms with Crippen molar-refractivity contribution in [1.82, 2.24) is 9.88 Å². The molecule has 0 amide bonds. The van der Waals surface area contributed by atoms with Crippen LogP contribution >= 0.6 is 11.6 Å². The molecule has 18 heavy (non-hydrogen) atoms. The Hall–Kier alpha value is -0.840. The van der Waals surface area contributed by atoms with Crippen molar-refractivity contribution in [2.75, 3.05) is 38.2 Å². The number of nitrogens with one attached hydrogen (secondary N) is 1. The third-order valence-corrected chi connectivity index (χ3v) is 3.30. The van der Waals surface area contributed by atoms with Crippen molar-refractivity contribution in [3.8, 4) is 0 Å². The third kappa shape index (κ3) is 3.83. The Bertz CT molecular complexity index is 380. The highest BCUT2D eigenvalue weighted by atomic mass is 35.5. The van der Waals surface area contributed by atoms with Gasteiger partial charge >= 0.3 is 0 Å². The predicted octanol–water partition coefficient (Wildman–Crippen LogP) is 2.39. The molecule has 2 heterocycles. The maximum Gasteiger partial charge on any atom is 0.126 e. The zero-order chi connectivity index (χ0) is 12.8. The Labute approximate surface area is 113 Å². The number of nitrogens with zero attached hydrogens (tertiary/aromatic N) is 2. The molecule has 1 aliphatic heterocycles. The van der Waals surface area contributed by atoms with Crippen LogP contribution in [0.15, 0.2) is 12.1 Å². The SMILES string of the molecule is CCCNc1ccc(Cl)c(CN2CCOCC2)n1. The van der Waals surface area contributed by atoms with Gasteiger partial charge in [-0.2, -0.15) is 0 Å². The minimum Gasteiger partial charge on any atom is -0.379 e. The summed E-state index contributed by atoms with van der Waals surface area (Å²) in [7, 11) is 0. The molecule has 0 atom stereocenters. The molecular formula is C13H20ClN3O. The van der Waals surface area contributed by atoms with E-state index in [1.165, 1.54) is 0 Å². The second-order valence-electron chi connectivity index (χ2n) is 4.44. The van der Waals surface area contributed by atoms with Crippen LogP contribution < -0.4 is 5.32 Å². The van der Waals surface area contributed by atoms with Gasteiger partial charge < -0.3 is 10.1 Å². The molecule has 0 radical (unpaired) electrons. The number of anilines is 1. The second-order valence-corrected chi connectivity index (χ2v) is 4.85. The molecule has 1 fully saturated rings. The number of pyridine rings is 1. The molecule has 4 nitrogen and oxygen atoms in total. The van der Waals surface area contributed by atoms with Crippen LogP contribution in [0.3, 0.4) is 0 Å². The lowest BCUT2D eigenvalue weighted by Gasteiger charge is -2.26. The maximum atomic E-state index is 6.20. The summed E-state index contributed by atoms with van der Waals surface area (Å²) in [6.45, 7) is 7.36. The molecule has 0 saturated carbocycles. The summed E-state index contributed by atoms with van der Waals surface area (Å²) in [4.78, 5) is 6.90. The molecule has 0 aromatic carbocycles. The van der Waals surface area contributed by atoms with Crippen LogP contribution in [0.1, 0.15) is 19.0 Å². The van der Waals surface area contributed by atoms with E-state index in [0.29, 0.717) is 0 Å². The van der Waals surface area contributed by atoms with Crippen molar-refractivity contribution >= 4 is 17.4 Å². The fourth-order valence-electron chi connectivity index (χ4n) is 1.92. The van der Waals surface area contributed by atoms with E-state index < -0.39 is 0 Å². The molecule has 0 unspecified atom stereocenters. The van der Waals surface area contributed by atoms with Gasteiger partial charge in [-0.05, 0) is 18.6 Å². The molecular weight excluding hydrogens is 250 g/mol. The van der Waals surface area contributed by atoms with E-state index in [9.17, 15) is 0 Å². The molecule has 1 aromatic heterocycles. The molecule has 0 aliphatic carbocycles. The molecule has 1 saturated heterocycles. The van der Waals surface area contributed by atoms with Crippen molar-refractivity contribution in [1.29, 1.82) is 0 Å². The van der Waals surface area contributed by atoms with Crippen LogP contribution in [0.5, 0.6) is 0 Å². The van der Waals surface area contributed by atoms with Crippen molar-refractivity contribution < 1.29 is 4.74 Å². The summed E-state index contributed by atoms with van der Waals surface area (Å²) in [5.41, 5.74) is 0.944. The largest absolute Gasteiger partial charge is 0.379 e. The first-order valence-corrected chi connectivity index (χ1v) is 6.87. The van der Waals surface area contributed by atoms with Crippen molar-refractivity contribution in [2.24, 2.45) is 0 Å². The van der Waals surface area contributed by atoms with Crippen LogP contribution in [0, 0.1) is 0 Å². The van der Waals surface area contributed by atoms with E-state index in [-0.39, 0.29) is 0 Å². The van der Waals surface area contributed by atoms with Crippen molar-refractivity contribution in [3.05, 3.63) is 22.8 Å².